The molecule has 0 radical (unpaired) electrons. The van der Waals surface area contributed by atoms with E-state index in [9.17, 15) is 4.79 Å². The monoisotopic (exact) mass is 298 g/mol. The molecule has 0 bridgehead atoms. The highest BCUT2D eigenvalue weighted by Gasteiger charge is 2.13. The highest BCUT2D eigenvalue weighted by atomic mass is 16.4. The Kier molecular flexibility index (Phi) is 2.91. The van der Waals surface area contributed by atoms with Crippen molar-refractivity contribution in [1.29, 1.82) is 0 Å². The molecular formula is C21H14O2. The zero-order chi connectivity index (χ0) is 16.0. The van der Waals surface area contributed by atoms with Crippen molar-refractivity contribution < 1.29 is 4.42 Å². The Hall–Kier alpha value is -3.13. The van der Waals surface area contributed by atoms with Gasteiger partial charge < -0.3 is 4.42 Å². The molecule has 4 rings (SSSR count). The molecule has 3 aromatic carbocycles. The summed E-state index contributed by atoms with van der Waals surface area (Å²) in [5, 5.41) is 5.17. The standard InChI is InChI=1S/C21H14O2/c1-3-14-15(4-2)21(22)23-20-18(14)12-11-17-16-8-6-5-7-13(16)9-10-19(17)20/h3-12H,1-2H2. The minimum Gasteiger partial charge on any atom is -0.422 e. The Morgan fingerprint density at radius 1 is 0.739 bits per heavy atom. The summed E-state index contributed by atoms with van der Waals surface area (Å²) in [5.74, 6) is 0. The smallest absolute Gasteiger partial charge is 0.344 e. The van der Waals surface area contributed by atoms with Gasteiger partial charge in [-0.1, -0.05) is 61.7 Å². The van der Waals surface area contributed by atoms with E-state index in [0.717, 1.165) is 32.5 Å². The molecule has 1 heterocycles. The summed E-state index contributed by atoms with van der Waals surface area (Å²) >= 11 is 0. The van der Waals surface area contributed by atoms with E-state index < -0.39 is 0 Å². The summed E-state index contributed by atoms with van der Waals surface area (Å²) < 4.78 is 5.61. The van der Waals surface area contributed by atoms with Crippen molar-refractivity contribution in [3.05, 3.63) is 83.2 Å². The Morgan fingerprint density at radius 3 is 2.22 bits per heavy atom. The second kappa shape index (κ2) is 4.96. The molecule has 0 aliphatic heterocycles. The van der Waals surface area contributed by atoms with Gasteiger partial charge in [-0.15, -0.1) is 0 Å². The van der Waals surface area contributed by atoms with Gasteiger partial charge in [0.1, 0.15) is 5.58 Å². The largest absolute Gasteiger partial charge is 0.422 e. The molecular weight excluding hydrogens is 284 g/mol. The lowest BCUT2D eigenvalue weighted by molar-refractivity contribution is 0.562. The van der Waals surface area contributed by atoms with Crippen LogP contribution >= 0.6 is 0 Å². The maximum Gasteiger partial charge on any atom is 0.344 e. The molecule has 2 nitrogen and oxygen atoms in total. The number of benzene rings is 3. The van der Waals surface area contributed by atoms with Crippen molar-refractivity contribution in [3.8, 4) is 0 Å². The normalized spacial score (nSPS) is 11.1. The molecule has 110 valence electrons. The number of rotatable bonds is 2. The Morgan fingerprint density at radius 2 is 1.43 bits per heavy atom. The average Bonchev–Trinajstić information content (AvgIpc) is 2.59. The Balaban J connectivity index is 2.28. The molecule has 0 saturated heterocycles. The van der Waals surface area contributed by atoms with Crippen molar-refractivity contribution in [2.75, 3.05) is 0 Å². The van der Waals surface area contributed by atoms with Crippen LogP contribution in [0.1, 0.15) is 11.1 Å². The fourth-order valence-corrected chi connectivity index (χ4v) is 3.20. The lowest BCUT2D eigenvalue weighted by Gasteiger charge is -2.09. The van der Waals surface area contributed by atoms with Crippen molar-refractivity contribution in [2.24, 2.45) is 0 Å². The zero-order valence-corrected chi connectivity index (χ0v) is 12.5. The molecule has 0 fully saturated rings. The van der Waals surface area contributed by atoms with Crippen molar-refractivity contribution in [1.82, 2.24) is 0 Å². The van der Waals surface area contributed by atoms with Crippen LogP contribution in [0.5, 0.6) is 0 Å². The fraction of sp³-hybridized carbons (Fsp3) is 0. The predicted molar refractivity (Wildman–Crippen MR) is 97.7 cm³/mol. The molecule has 4 aromatic rings. The lowest BCUT2D eigenvalue weighted by atomic mass is 9.97. The first-order valence-corrected chi connectivity index (χ1v) is 7.40. The highest BCUT2D eigenvalue weighted by molar-refractivity contribution is 6.16. The fourth-order valence-electron chi connectivity index (χ4n) is 3.20. The summed E-state index contributed by atoms with van der Waals surface area (Å²) in [5.41, 5.74) is 1.43. The maximum absolute atomic E-state index is 12.3. The van der Waals surface area contributed by atoms with Crippen LogP contribution in [0.3, 0.4) is 0 Å². The van der Waals surface area contributed by atoms with Crippen LogP contribution in [-0.4, -0.2) is 0 Å². The number of hydrogen-bond acceptors (Lipinski definition) is 2. The first-order valence-electron chi connectivity index (χ1n) is 7.40. The Labute approximate surface area is 133 Å². The third-order valence-electron chi connectivity index (χ3n) is 4.28. The molecule has 23 heavy (non-hydrogen) atoms. The van der Waals surface area contributed by atoms with Crippen LogP contribution in [0.4, 0.5) is 0 Å². The van der Waals surface area contributed by atoms with Crippen LogP contribution in [0.2, 0.25) is 0 Å². The molecule has 0 amide bonds. The molecule has 0 atom stereocenters. The van der Waals surface area contributed by atoms with Crippen LogP contribution in [-0.2, 0) is 0 Å². The van der Waals surface area contributed by atoms with Crippen molar-refractivity contribution in [2.45, 2.75) is 0 Å². The predicted octanol–water partition coefficient (Wildman–Crippen LogP) is 5.39. The number of fused-ring (bicyclic) bond motifs is 5. The van der Waals surface area contributed by atoms with E-state index in [1.807, 2.05) is 30.3 Å². The molecule has 2 heteroatoms. The van der Waals surface area contributed by atoms with E-state index in [2.05, 4.69) is 31.4 Å². The second-order valence-corrected chi connectivity index (χ2v) is 5.45. The molecule has 0 N–H and O–H groups in total. The summed E-state index contributed by atoms with van der Waals surface area (Å²) in [6.45, 7) is 7.54. The van der Waals surface area contributed by atoms with Crippen LogP contribution < -0.4 is 5.63 Å². The van der Waals surface area contributed by atoms with Gasteiger partial charge in [0.15, 0.2) is 0 Å². The van der Waals surface area contributed by atoms with E-state index in [4.69, 9.17) is 4.42 Å². The second-order valence-electron chi connectivity index (χ2n) is 5.45. The lowest BCUT2D eigenvalue weighted by Crippen LogP contribution is -2.05. The quantitative estimate of drug-likeness (QED) is 0.367. The minimum atomic E-state index is -0.386. The van der Waals surface area contributed by atoms with Crippen LogP contribution in [0.25, 0.3) is 44.7 Å². The van der Waals surface area contributed by atoms with Gasteiger partial charge in [0, 0.05) is 10.8 Å². The van der Waals surface area contributed by atoms with Crippen molar-refractivity contribution >= 4 is 44.7 Å². The van der Waals surface area contributed by atoms with E-state index in [1.54, 1.807) is 6.08 Å². The van der Waals surface area contributed by atoms with E-state index in [1.165, 1.54) is 6.08 Å². The highest BCUT2D eigenvalue weighted by Crippen LogP contribution is 2.33. The van der Waals surface area contributed by atoms with Gasteiger partial charge in [-0.3, -0.25) is 0 Å². The van der Waals surface area contributed by atoms with E-state index in [0.29, 0.717) is 11.1 Å². The summed E-state index contributed by atoms with van der Waals surface area (Å²) in [4.78, 5) is 12.3. The van der Waals surface area contributed by atoms with Crippen LogP contribution in [0.15, 0.2) is 70.9 Å². The number of hydrogen-bond donors (Lipinski definition) is 0. The van der Waals surface area contributed by atoms with E-state index >= 15 is 0 Å². The van der Waals surface area contributed by atoms with Gasteiger partial charge in [0.25, 0.3) is 0 Å². The molecule has 0 saturated carbocycles. The average molecular weight is 298 g/mol. The zero-order valence-electron chi connectivity index (χ0n) is 12.5. The van der Waals surface area contributed by atoms with Gasteiger partial charge in [-0.25, -0.2) is 4.79 Å². The summed E-state index contributed by atoms with van der Waals surface area (Å²) in [6, 6.07) is 16.3. The van der Waals surface area contributed by atoms with Gasteiger partial charge in [-0.05, 0) is 33.9 Å². The molecule has 0 aliphatic carbocycles. The van der Waals surface area contributed by atoms with Crippen LogP contribution in [0, 0.1) is 0 Å². The Bertz CT molecular complexity index is 1160. The summed E-state index contributed by atoms with van der Waals surface area (Å²) in [7, 11) is 0. The van der Waals surface area contributed by atoms with E-state index in [-0.39, 0.29) is 5.63 Å². The van der Waals surface area contributed by atoms with Crippen molar-refractivity contribution in [3.63, 3.8) is 0 Å². The van der Waals surface area contributed by atoms with Gasteiger partial charge >= 0.3 is 5.63 Å². The third-order valence-corrected chi connectivity index (χ3v) is 4.28. The molecule has 0 aliphatic rings. The van der Waals surface area contributed by atoms with Gasteiger partial charge in [-0.2, -0.15) is 0 Å². The molecule has 0 unspecified atom stereocenters. The first-order chi connectivity index (χ1) is 11.2. The molecule has 1 aromatic heterocycles. The maximum atomic E-state index is 12.3. The molecule has 0 spiro atoms. The third kappa shape index (κ3) is 1.85. The van der Waals surface area contributed by atoms with Gasteiger partial charge in [0.05, 0.1) is 5.56 Å². The topological polar surface area (TPSA) is 30.2 Å². The SMILES string of the molecule is C=Cc1c(C=C)c2ccc3c4ccccc4ccc3c2oc1=O. The minimum absolute atomic E-state index is 0.386. The first kappa shape index (κ1) is 13.5. The summed E-state index contributed by atoms with van der Waals surface area (Å²) in [6.07, 6.45) is 3.20. The van der Waals surface area contributed by atoms with Gasteiger partial charge in [0.2, 0.25) is 0 Å².